The number of nitrogens with zero attached hydrogens (tertiary/aromatic N) is 2. The number of hydrogen-bond acceptors (Lipinski definition) is 4. The van der Waals surface area contributed by atoms with Crippen molar-refractivity contribution in [1.29, 1.82) is 0 Å². The Morgan fingerprint density at radius 3 is 2.94 bits per heavy atom. The Morgan fingerprint density at radius 1 is 1.53 bits per heavy atom. The highest BCUT2D eigenvalue weighted by molar-refractivity contribution is 5.85. The van der Waals surface area contributed by atoms with Crippen molar-refractivity contribution in [3.05, 3.63) is 29.6 Å². The first-order chi connectivity index (χ1) is 8.13. The third kappa shape index (κ3) is 4.93. The van der Waals surface area contributed by atoms with Crippen LogP contribution in [0.25, 0.3) is 0 Å². The fourth-order valence-electron chi connectivity index (χ4n) is 1.57. The van der Waals surface area contributed by atoms with Crippen LogP contribution < -0.4 is 5.32 Å². The molecule has 5 nitrogen and oxygen atoms in total. The molecular formula is C12H19N3O2. The van der Waals surface area contributed by atoms with E-state index in [2.05, 4.69) is 15.2 Å². The minimum absolute atomic E-state index is 0.103. The van der Waals surface area contributed by atoms with Gasteiger partial charge in [0, 0.05) is 6.54 Å². The minimum Gasteiger partial charge on any atom is -0.477 e. The molecule has 17 heavy (non-hydrogen) atoms. The normalized spacial score (nSPS) is 10.8. The summed E-state index contributed by atoms with van der Waals surface area (Å²) in [5.41, 5.74) is 0.892. The largest absolute Gasteiger partial charge is 0.477 e. The van der Waals surface area contributed by atoms with Gasteiger partial charge in [0.1, 0.15) is 5.69 Å². The van der Waals surface area contributed by atoms with Gasteiger partial charge in [0.05, 0.1) is 5.69 Å². The average molecular weight is 237 g/mol. The van der Waals surface area contributed by atoms with E-state index in [1.807, 2.05) is 20.2 Å². The van der Waals surface area contributed by atoms with Crippen LogP contribution in [-0.2, 0) is 6.54 Å². The predicted molar refractivity (Wildman–Crippen MR) is 66.1 cm³/mol. The summed E-state index contributed by atoms with van der Waals surface area (Å²) in [6.45, 7) is 2.61. The number of aromatic carboxylic acids is 1. The summed E-state index contributed by atoms with van der Waals surface area (Å²) < 4.78 is 0. The van der Waals surface area contributed by atoms with E-state index in [0.29, 0.717) is 6.54 Å². The molecule has 2 N–H and O–H groups in total. The zero-order chi connectivity index (χ0) is 12.7. The number of nitrogens with one attached hydrogen (secondary N) is 1. The maximum Gasteiger partial charge on any atom is 0.354 e. The number of carboxylic acids is 1. The Balaban J connectivity index is 2.50. The second-order valence-electron chi connectivity index (χ2n) is 4.01. The van der Waals surface area contributed by atoms with Gasteiger partial charge < -0.3 is 15.3 Å². The Morgan fingerprint density at radius 2 is 2.29 bits per heavy atom. The summed E-state index contributed by atoms with van der Waals surface area (Å²) in [6, 6.07) is 5.08. The van der Waals surface area contributed by atoms with Crippen LogP contribution in [0.3, 0.4) is 0 Å². The van der Waals surface area contributed by atoms with E-state index in [0.717, 1.165) is 25.2 Å². The Bertz CT molecular complexity index is 369. The van der Waals surface area contributed by atoms with Crippen molar-refractivity contribution < 1.29 is 9.90 Å². The number of aromatic nitrogens is 1. The number of rotatable bonds is 7. The molecule has 0 radical (unpaired) electrons. The van der Waals surface area contributed by atoms with Gasteiger partial charge in [-0.25, -0.2) is 9.78 Å². The Labute approximate surface area is 101 Å². The molecule has 1 aromatic heterocycles. The fraction of sp³-hybridized carbons (Fsp3) is 0.500. The highest BCUT2D eigenvalue weighted by atomic mass is 16.4. The maximum absolute atomic E-state index is 10.8. The van der Waals surface area contributed by atoms with E-state index in [-0.39, 0.29) is 5.69 Å². The van der Waals surface area contributed by atoms with Crippen molar-refractivity contribution in [2.75, 3.05) is 27.2 Å². The Kier molecular flexibility index (Phi) is 5.59. The molecule has 0 saturated heterocycles. The molecule has 0 unspecified atom stereocenters. The lowest BCUT2D eigenvalue weighted by Crippen LogP contribution is -2.23. The summed E-state index contributed by atoms with van der Waals surface area (Å²) in [4.78, 5) is 17.0. The molecule has 0 spiro atoms. The summed E-state index contributed by atoms with van der Waals surface area (Å²) in [6.07, 6.45) is 1.06. The number of carbonyl (C=O) groups is 1. The first-order valence-electron chi connectivity index (χ1n) is 5.66. The van der Waals surface area contributed by atoms with E-state index < -0.39 is 5.97 Å². The van der Waals surface area contributed by atoms with E-state index >= 15 is 0 Å². The molecule has 1 heterocycles. The van der Waals surface area contributed by atoms with Crippen LogP contribution in [0.15, 0.2) is 18.2 Å². The Hall–Kier alpha value is -1.46. The lowest BCUT2D eigenvalue weighted by molar-refractivity contribution is 0.0690. The number of hydrogen-bond donors (Lipinski definition) is 2. The van der Waals surface area contributed by atoms with E-state index in [9.17, 15) is 4.79 Å². The van der Waals surface area contributed by atoms with Crippen LogP contribution in [0.4, 0.5) is 0 Å². The van der Waals surface area contributed by atoms with E-state index in [1.54, 1.807) is 6.07 Å². The quantitative estimate of drug-likeness (QED) is 0.687. The topological polar surface area (TPSA) is 65.5 Å². The number of pyridine rings is 1. The third-order valence-electron chi connectivity index (χ3n) is 2.42. The standard InChI is InChI=1S/C12H19N3O2/c1-13-7-4-8-15(2)9-10-5-3-6-11(14-10)12(16)17/h3,5-6,13H,4,7-9H2,1-2H3,(H,16,17). The summed E-state index contributed by atoms with van der Waals surface area (Å²) in [5.74, 6) is -0.982. The predicted octanol–water partition coefficient (Wildman–Crippen LogP) is 0.821. The van der Waals surface area contributed by atoms with Gasteiger partial charge in [-0.05, 0) is 45.7 Å². The van der Waals surface area contributed by atoms with Crippen LogP contribution in [0.5, 0.6) is 0 Å². The molecule has 0 amide bonds. The van der Waals surface area contributed by atoms with Crippen molar-refractivity contribution in [3.8, 4) is 0 Å². The molecular weight excluding hydrogens is 218 g/mol. The van der Waals surface area contributed by atoms with Crippen LogP contribution in [0.1, 0.15) is 22.6 Å². The molecule has 0 saturated carbocycles. The maximum atomic E-state index is 10.8. The van der Waals surface area contributed by atoms with Gasteiger partial charge in [-0.3, -0.25) is 0 Å². The van der Waals surface area contributed by atoms with Gasteiger partial charge in [0.2, 0.25) is 0 Å². The van der Waals surface area contributed by atoms with Gasteiger partial charge in [0.25, 0.3) is 0 Å². The zero-order valence-electron chi connectivity index (χ0n) is 10.3. The molecule has 94 valence electrons. The van der Waals surface area contributed by atoms with Crippen LogP contribution >= 0.6 is 0 Å². The molecule has 0 bridgehead atoms. The smallest absolute Gasteiger partial charge is 0.354 e. The van der Waals surface area contributed by atoms with Crippen molar-refractivity contribution in [1.82, 2.24) is 15.2 Å². The lowest BCUT2D eigenvalue weighted by atomic mass is 10.3. The summed E-state index contributed by atoms with van der Waals surface area (Å²) >= 11 is 0. The second kappa shape index (κ2) is 6.98. The molecule has 0 fully saturated rings. The fourth-order valence-corrected chi connectivity index (χ4v) is 1.57. The van der Waals surface area contributed by atoms with E-state index in [4.69, 9.17) is 5.11 Å². The average Bonchev–Trinajstić information content (AvgIpc) is 2.29. The van der Waals surface area contributed by atoms with Gasteiger partial charge in [-0.2, -0.15) is 0 Å². The van der Waals surface area contributed by atoms with E-state index in [1.165, 1.54) is 6.07 Å². The van der Waals surface area contributed by atoms with Crippen LogP contribution in [0, 0.1) is 0 Å². The molecule has 0 aliphatic heterocycles. The van der Waals surface area contributed by atoms with Crippen LogP contribution in [0.2, 0.25) is 0 Å². The minimum atomic E-state index is -0.982. The molecule has 0 aliphatic carbocycles. The van der Waals surface area contributed by atoms with Crippen molar-refractivity contribution >= 4 is 5.97 Å². The second-order valence-corrected chi connectivity index (χ2v) is 4.01. The van der Waals surface area contributed by atoms with Gasteiger partial charge in [-0.1, -0.05) is 6.07 Å². The molecule has 0 aromatic carbocycles. The third-order valence-corrected chi connectivity index (χ3v) is 2.42. The summed E-state index contributed by atoms with van der Waals surface area (Å²) in [5, 5.41) is 11.9. The SMILES string of the molecule is CNCCCN(C)Cc1cccc(C(=O)O)n1. The van der Waals surface area contributed by atoms with Crippen LogP contribution in [-0.4, -0.2) is 48.1 Å². The zero-order valence-corrected chi connectivity index (χ0v) is 10.3. The van der Waals surface area contributed by atoms with Crippen molar-refractivity contribution in [2.45, 2.75) is 13.0 Å². The molecule has 1 aromatic rings. The number of carboxylic acid groups (broad SMARTS) is 1. The van der Waals surface area contributed by atoms with Gasteiger partial charge in [0.15, 0.2) is 0 Å². The molecule has 1 rings (SSSR count). The highest BCUT2D eigenvalue weighted by Crippen LogP contribution is 2.03. The monoisotopic (exact) mass is 237 g/mol. The van der Waals surface area contributed by atoms with Crippen molar-refractivity contribution in [3.63, 3.8) is 0 Å². The first kappa shape index (κ1) is 13.6. The molecule has 0 atom stereocenters. The molecule has 5 heteroatoms. The lowest BCUT2D eigenvalue weighted by Gasteiger charge is -2.15. The van der Waals surface area contributed by atoms with Gasteiger partial charge >= 0.3 is 5.97 Å². The van der Waals surface area contributed by atoms with Gasteiger partial charge in [-0.15, -0.1) is 0 Å². The first-order valence-corrected chi connectivity index (χ1v) is 5.66. The van der Waals surface area contributed by atoms with Crippen molar-refractivity contribution in [2.24, 2.45) is 0 Å². The molecule has 0 aliphatic rings. The summed E-state index contributed by atoms with van der Waals surface area (Å²) in [7, 11) is 3.93. The highest BCUT2D eigenvalue weighted by Gasteiger charge is 2.06.